The van der Waals surface area contributed by atoms with Gasteiger partial charge in [-0.25, -0.2) is 0 Å². The van der Waals surface area contributed by atoms with Crippen molar-refractivity contribution < 1.29 is 9.35 Å². The first kappa shape index (κ1) is 17.1. The standard InChI is InChI=1S/C15H27N3O3Si/c1-15(2,3)22(4,5)21-14-8-6-7-12(9-14)17-11-13(10-16-17)18(19)20/h10-12,14H,6-9H2,1-5H3/t12-,14-/m0/s1. The minimum Gasteiger partial charge on any atom is -0.414 e. The number of hydrogen-bond acceptors (Lipinski definition) is 4. The summed E-state index contributed by atoms with van der Waals surface area (Å²) in [6, 6.07) is 0.206. The summed E-state index contributed by atoms with van der Waals surface area (Å²) in [6.07, 6.45) is 7.17. The molecule has 0 N–H and O–H groups in total. The summed E-state index contributed by atoms with van der Waals surface area (Å²) in [5.41, 5.74) is 0.0624. The van der Waals surface area contributed by atoms with Gasteiger partial charge in [0, 0.05) is 6.10 Å². The Morgan fingerprint density at radius 1 is 1.41 bits per heavy atom. The quantitative estimate of drug-likeness (QED) is 0.470. The topological polar surface area (TPSA) is 70.2 Å². The largest absolute Gasteiger partial charge is 0.414 e. The normalized spacial score (nSPS) is 23.5. The average molecular weight is 325 g/mol. The lowest BCUT2D eigenvalue weighted by Crippen LogP contribution is -2.45. The van der Waals surface area contributed by atoms with Crippen molar-refractivity contribution in [2.24, 2.45) is 0 Å². The second-order valence-electron chi connectivity index (χ2n) is 7.76. The Balaban J connectivity index is 2.04. The van der Waals surface area contributed by atoms with Gasteiger partial charge < -0.3 is 4.43 Å². The van der Waals surface area contributed by atoms with Crippen LogP contribution in [0.15, 0.2) is 12.4 Å². The Morgan fingerprint density at radius 2 is 2.09 bits per heavy atom. The van der Waals surface area contributed by atoms with E-state index in [2.05, 4.69) is 39.0 Å². The van der Waals surface area contributed by atoms with Crippen LogP contribution in [0.2, 0.25) is 18.1 Å². The van der Waals surface area contributed by atoms with Gasteiger partial charge in [0.15, 0.2) is 8.32 Å². The van der Waals surface area contributed by atoms with E-state index in [0.717, 1.165) is 25.7 Å². The predicted octanol–water partition coefficient (Wildman–Crippen LogP) is 4.30. The molecule has 0 unspecified atom stereocenters. The molecule has 1 aliphatic carbocycles. The molecule has 0 amide bonds. The molecular weight excluding hydrogens is 298 g/mol. The number of hydrogen-bond donors (Lipinski definition) is 0. The zero-order chi connectivity index (χ0) is 16.5. The van der Waals surface area contributed by atoms with E-state index in [1.165, 1.54) is 6.20 Å². The molecular formula is C15H27N3O3Si. The highest BCUT2D eigenvalue weighted by Gasteiger charge is 2.40. The molecule has 0 spiro atoms. The van der Waals surface area contributed by atoms with Crippen molar-refractivity contribution in [3.8, 4) is 0 Å². The van der Waals surface area contributed by atoms with Crippen molar-refractivity contribution in [2.45, 2.75) is 76.7 Å². The fourth-order valence-electron chi connectivity index (χ4n) is 2.68. The van der Waals surface area contributed by atoms with Crippen LogP contribution < -0.4 is 0 Å². The average Bonchev–Trinajstić information content (AvgIpc) is 2.86. The van der Waals surface area contributed by atoms with Gasteiger partial charge in [-0.1, -0.05) is 20.8 Å². The Hall–Kier alpha value is -1.21. The molecule has 1 saturated carbocycles. The summed E-state index contributed by atoms with van der Waals surface area (Å²) in [7, 11) is -1.77. The van der Waals surface area contributed by atoms with Gasteiger partial charge in [-0.3, -0.25) is 14.8 Å². The monoisotopic (exact) mass is 325 g/mol. The first-order valence-corrected chi connectivity index (χ1v) is 10.9. The lowest BCUT2D eigenvalue weighted by Gasteiger charge is -2.41. The highest BCUT2D eigenvalue weighted by Crippen LogP contribution is 2.40. The summed E-state index contributed by atoms with van der Waals surface area (Å²) in [6.45, 7) is 11.3. The van der Waals surface area contributed by atoms with Gasteiger partial charge in [-0.2, -0.15) is 5.10 Å². The van der Waals surface area contributed by atoms with Crippen LogP contribution in [0.25, 0.3) is 0 Å². The van der Waals surface area contributed by atoms with Crippen molar-refractivity contribution in [1.29, 1.82) is 0 Å². The molecule has 124 valence electrons. The van der Waals surface area contributed by atoms with Gasteiger partial charge in [0.2, 0.25) is 0 Å². The number of rotatable bonds is 4. The van der Waals surface area contributed by atoms with E-state index < -0.39 is 13.2 Å². The van der Waals surface area contributed by atoms with Crippen LogP contribution in [0.5, 0.6) is 0 Å². The lowest BCUT2D eigenvalue weighted by atomic mass is 9.93. The van der Waals surface area contributed by atoms with E-state index in [-0.39, 0.29) is 22.9 Å². The van der Waals surface area contributed by atoms with Crippen molar-refractivity contribution >= 4 is 14.0 Å². The summed E-state index contributed by atoms with van der Waals surface area (Å²) in [5, 5.41) is 15.2. The molecule has 0 radical (unpaired) electrons. The van der Waals surface area contributed by atoms with Gasteiger partial charge in [-0.15, -0.1) is 0 Å². The minimum absolute atomic E-state index is 0.0624. The van der Waals surface area contributed by atoms with Crippen molar-refractivity contribution in [1.82, 2.24) is 9.78 Å². The first-order valence-electron chi connectivity index (χ1n) is 7.96. The molecule has 22 heavy (non-hydrogen) atoms. The van der Waals surface area contributed by atoms with Crippen LogP contribution in [0.1, 0.15) is 52.5 Å². The second-order valence-corrected chi connectivity index (χ2v) is 12.5. The first-order chi connectivity index (χ1) is 10.1. The number of nitro groups is 1. The summed E-state index contributed by atoms with van der Waals surface area (Å²) in [5.74, 6) is 0. The molecule has 2 atom stereocenters. The van der Waals surface area contributed by atoms with Crippen LogP contribution in [-0.4, -0.2) is 29.1 Å². The molecule has 0 aliphatic heterocycles. The smallest absolute Gasteiger partial charge is 0.307 e. The molecule has 1 aromatic rings. The third-order valence-electron chi connectivity index (χ3n) is 5.04. The second kappa shape index (κ2) is 6.12. The molecule has 0 aromatic carbocycles. The fourth-order valence-corrected chi connectivity index (χ4v) is 4.08. The zero-order valence-electron chi connectivity index (χ0n) is 14.2. The maximum atomic E-state index is 10.8. The molecule has 0 saturated heterocycles. The summed E-state index contributed by atoms with van der Waals surface area (Å²) < 4.78 is 8.26. The van der Waals surface area contributed by atoms with Gasteiger partial charge >= 0.3 is 5.69 Å². The van der Waals surface area contributed by atoms with Crippen molar-refractivity contribution in [3.05, 3.63) is 22.5 Å². The Morgan fingerprint density at radius 3 is 2.64 bits per heavy atom. The van der Waals surface area contributed by atoms with E-state index in [1.807, 2.05) is 0 Å². The van der Waals surface area contributed by atoms with Crippen LogP contribution in [0.3, 0.4) is 0 Å². The third-order valence-corrected chi connectivity index (χ3v) is 9.57. The summed E-state index contributed by atoms with van der Waals surface area (Å²) in [4.78, 5) is 10.4. The maximum Gasteiger partial charge on any atom is 0.307 e. The third kappa shape index (κ3) is 3.75. The highest BCUT2D eigenvalue weighted by molar-refractivity contribution is 6.74. The van der Waals surface area contributed by atoms with Gasteiger partial charge in [0.1, 0.15) is 12.4 Å². The van der Waals surface area contributed by atoms with E-state index in [0.29, 0.717) is 0 Å². The molecule has 1 aliphatic rings. The van der Waals surface area contributed by atoms with Crippen molar-refractivity contribution in [2.75, 3.05) is 0 Å². The molecule has 0 bridgehead atoms. The molecule has 1 aromatic heterocycles. The van der Waals surface area contributed by atoms with E-state index in [1.54, 1.807) is 10.9 Å². The van der Waals surface area contributed by atoms with Gasteiger partial charge in [0.05, 0.1) is 11.0 Å². The maximum absolute atomic E-state index is 10.8. The van der Waals surface area contributed by atoms with Crippen molar-refractivity contribution in [3.63, 3.8) is 0 Å². The molecule has 6 nitrogen and oxygen atoms in total. The lowest BCUT2D eigenvalue weighted by molar-refractivity contribution is -0.385. The number of aromatic nitrogens is 2. The van der Waals surface area contributed by atoms with E-state index >= 15 is 0 Å². The van der Waals surface area contributed by atoms with E-state index in [4.69, 9.17) is 4.43 Å². The Bertz CT molecular complexity index is 536. The number of nitrogens with zero attached hydrogens (tertiary/aromatic N) is 3. The van der Waals surface area contributed by atoms with Crippen LogP contribution >= 0.6 is 0 Å². The minimum atomic E-state index is -1.77. The molecule has 7 heteroatoms. The molecule has 2 rings (SSSR count). The van der Waals surface area contributed by atoms with Gasteiger partial charge in [0.25, 0.3) is 0 Å². The van der Waals surface area contributed by atoms with E-state index in [9.17, 15) is 10.1 Å². The Kier molecular flexibility index (Phi) is 4.77. The van der Waals surface area contributed by atoms with Crippen LogP contribution in [-0.2, 0) is 4.43 Å². The SMILES string of the molecule is CC(C)(C)[Si](C)(C)O[C@H]1CCC[C@H](n2cc([N+](=O)[O-])cn2)C1. The zero-order valence-corrected chi connectivity index (χ0v) is 15.2. The summed E-state index contributed by atoms with van der Waals surface area (Å²) >= 11 is 0. The van der Waals surface area contributed by atoms with Crippen LogP contribution in [0, 0.1) is 10.1 Å². The molecule has 1 fully saturated rings. The predicted molar refractivity (Wildman–Crippen MR) is 88.5 cm³/mol. The highest BCUT2D eigenvalue weighted by atomic mass is 28.4. The van der Waals surface area contributed by atoms with Crippen LogP contribution in [0.4, 0.5) is 5.69 Å². The Labute approximate surface area is 133 Å². The fraction of sp³-hybridized carbons (Fsp3) is 0.800. The molecule has 1 heterocycles. The van der Waals surface area contributed by atoms with Gasteiger partial charge in [-0.05, 0) is 43.8 Å².